The van der Waals surface area contributed by atoms with Gasteiger partial charge in [0.25, 0.3) is 0 Å². The Labute approximate surface area is 156 Å². The molecule has 0 amide bonds. The van der Waals surface area contributed by atoms with Crippen molar-refractivity contribution in [3.05, 3.63) is 56.7 Å². The molecule has 0 aliphatic carbocycles. The van der Waals surface area contributed by atoms with Crippen LogP contribution in [0.5, 0.6) is 5.75 Å². The fourth-order valence-corrected chi connectivity index (χ4v) is 4.33. The molecule has 3 atom stereocenters. The number of hydrogen-bond acceptors (Lipinski definition) is 6. The van der Waals surface area contributed by atoms with Crippen LogP contribution in [0, 0.1) is 11.6 Å². The molecule has 4 rings (SSSR count). The summed E-state index contributed by atoms with van der Waals surface area (Å²) in [5.41, 5.74) is 1.84. The number of aryl methyl sites for hydroxylation is 1. The predicted molar refractivity (Wildman–Crippen MR) is 98.5 cm³/mol. The van der Waals surface area contributed by atoms with E-state index < -0.39 is 8.60 Å². The zero-order valence-corrected chi connectivity index (χ0v) is 15.9. The number of para-hydroxylation sites is 1. The molecule has 2 aliphatic rings. The lowest BCUT2D eigenvalue weighted by Crippen LogP contribution is -2.27. The summed E-state index contributed by atoms with van der Waals surface area (Å²) in [7, 11) is -1.44. The van der Waals surface area contributed by atoms with Crippen LogP contribution < -0.4 is 10.2 Å². The van der Waals surface area contributed by atoms with Crippen LogP contribution >= 0.6 is 20.8 Å². The monoisotopic (exact) mass is 394 g/mol. The van der Waals surface area contributed by atoms with E-state index in [2.05, 4.69) is 4.98 Å². The molecule has 1 N–H and O–H groups in total. The Morgan fingerprint density at radius 1 is 1.38 bits per heavy atom. The average molecular weight is 394 g/mol. The molecule has 2 aliphatic heterocycles. The Balaban J connectivity index is 1.33. The minimum absolute atomic E-state index is 0.108. The van der Waals surface area contributed by atoms with Crippen LogP contribution in [0.1, 0.15) is 30.2 Å². The SMILES string of the molecule is Cc1cccc2c1OP(OCC1CCC(n3ccc(=S)[nH]c3=O)O1)OC2. The minimum atomic E-state index is -1.44. The lowest BCUT2D eigenvalue weighted by molar-refractivity contribution is -0.0229. The molecule has 0 radical (unpaired) electrons. The van der Waals surface area contributed by atoms with E-state index in [4.69, 9.17) is 30.5 Å². The first-order valence-electron chi connectivity index (χ1n) is 8.39. The summed E-state index contributed by atoms with van der Waals surface area (Å²) in [4.78, 5) is 14.6. The molecule has 2 aromatic rings. The van der Waals surface area contributed by atoms with Crippen LogP contribution in [0.25, 0.3) is 0 Å². The van der Waals surface area contributed by atoms with Crippen LogP contribution in [0.2, 0.25) is 0 Å². The third-order valence-corrected chi connectivity index (χ3v) is 5.67. The van der Waals surface area contributed by atoms with Gasteiger partial charge in [0.05, 0.1) is 19.3 Å². The van der Waals surface area contributed by atoms with Gasteiger partial charge in [-0.15, -0.1) is 0 Å². The van der Waals surface area contributed by atoms with Gasteiger partial charge in [-0.3, -0.25) is 18.6 Å². The van der Waals surface area contributed by atoms with Gasteiger partial charge in [0.15, 0.2) is 0 Å². The van der Waals surface area contributed by atoms with Gasteiger partial charge in [0.1, 0.15) is 16.6 Å². The van der Waals surface area contributed by atoms with Crippen molar-refractivity contribution < 1.29 is 18.3 Å². The number of benzene rings is 1. The molecule has 1 aromatic carbocycles. The average Bonchev–Trinajstić information content (AvgIpc) is 3.09. The van der Waals surface area contributed by atoms with E-state index >= 15 is 0 Å². The van der Waals surface area contributed by atoms with Crippen molar-refractivity contribution in [3.63, 3.8) is 0 Å². The molecule has 9 heteroatoms. The lowest BCUT2D eigenvalue weighted by atomic mass is 10.1. The summed E-state index contributed by atoms with van der Waals surface area (Å²) < 4.78 is 25.2. The topological polar surface area (TPSA) is 74.7 Å². The number of H-pyrrole nitrogens is 1. The second kappa shape index (κ2) is 7.58. The van der Waals surface area contributed by atoms with Crippen molar-refractivity contribution in [2.45, 2.75) is 38.7 Å². The maximum atomic E-state index is 12.0. The van der Waals surface area contributed by atoms with Gasteiger partial charge >= 0.3 is 14.3 Å². The Bertz CT molecular complexity index is 915. The highest BCUT2D eigenvalue weighted by Gasteiger charge is 2.30. The number of nitrogens with zero attached hydrogens (tertiary/aromatic N) is 1. The third-order valence-electron chi connectivity index (χ3n) is 4.40. The van der Waals surface area contributed by atoms with Crippen molar-refractivity contribution in [1.29, 1.82) is 0 Å². The number of nitrogens with one attached hydrogen (secondary N) is 1. The summed E-state index contributed by atoms with van der Waals surface area (Å²) in [6, 6.07) is 7.66. The lowest BCUT2D eigenvalue weighted by Gasteiger charge is -2.25. The third kappa shape index (κ3) is 3.75. The molecule has 0 bridgehead atoms. The Morgan fingerprint density at radius 3 is 3.12 bits per heavy atom. The van der Waals surface area contributed by atoms with E-state index in [-0.39, 0.29) is 18.0 Å². The molecule has 1 fully saturated rings. The number of ether oxygens (including phenoxy) is 1. The van der Waals surface area contributed by atoms with E-state index in [1.807, 2.05) is 25.1 Å². The van der Waals surface area contributed by atoms with E-state index in [1.54, 1.807) is 12.3 Å². The van der Waals surface area contributed by atoms with Crippen LogP contribution in [-0.2, 0) is 20.4 Å². The molecule has 138 valence electrons. The van der Waals surface area contributed by atoms with E-state index in [0.29, 0.717) is 17.9 Å². The molecular formula is C17H19N2O5PS. The van der Waals surface area contributed by atoms with Gasteiger partial charge in [0, 0.05) is 11.8 Å². The standard InChI is InChI=1S/C17H19N2O5PS/c1-11-3-2-4-12-9-21-25(24-16(11)12)22-10-13-5-6-15(23-13)19-8-7-14(26)18-17(19)20/h2-4,7-8,13,15H,5-6,9-10H2,1H3,(H,18,20,26). The molecule has 26 heavy (non-hydrogen) atoms. The molecule has 0 spiro atoms. The van der Waals surface area contributed by atoms with Crippen molar-refractivity contribution in [2.24, 2.45) is 0 Å². The molecule has 3 heterocycles. The van der Waals surface area contributed by atoms with Crippen LogP contribution in [0.4, 0.5) is 0 Å². The number of rotatable bonds is 4. The number of aromatic amines is 1. The van der Waals surface area contributed by atoms with Gasteiger partial charge in [-0.2, -0.15) is 0 Å². The van der Waals surface area contributed by atoms with Gasteiger partial charge in [-0.05, 0) is 31.4 Å². The summed E-state index contributed by atoms with van der Waals surface area (Å²) in [5.74, 6) is 0.848. The molecule has 1 aromatic heterocycles. The molecule has 7 nitrogen and oxygen atoms in total. The molecule has 1 saturated heterocycles. The van der Waals surface area contributed by atoms with Crippen LogP contribution in [0.15, 0.2) is 35.3 Å². The van der Waals surface area contributed by atoms with Gasteiger partial charge in [-0.25, -0.2) is 4.79 Å². The zero-order chi connectivity index (χ0) is 18.1. The fraction of sp³-hybridized carbons (Fsp3) is 0.412. The minimum Gasteiger partial charge on any atom is -0.426 e. The van der Waals surface area contributed by atoms with E-state index in [1.165, 1.54) is 4.57 Å². The molecule has 3 unspecified atom stereocenters. The van der Waals surface area contributed by atoms with Crippen molar-refractivity contribution in [3.8, 4) is 5.75 Å². The fourth-order valence-electron chi connectivity index (χ4n) is 3.06. The van der Waals surface area contributed by atoms with E-state index in [0.717, 1.165) is 29.7 Å². The normalized spacial score (nSPS) is 24.9. The Morgan fingerprint density at radius 2 is 2.27 bits per heavy atom. The number of aromatic nitrogens is 2. The molecular weight excluding hydrogens is 375 g/mol. The van der Waals surface area contributed by atoms with E-state index in [9.17, 15) is 4.79 Å². The summed E-state index contributed by atoms with van der Waals surface area (Å²) in [5, 5.41) is 0. The smallest absolute Gasteiger partial charge is 0.397 e. The molecule has 0 saturated carbocycles. The maximum Gasteiger partial charge on any atom is 0.397 e. The van der Waals surface area contributed by atoms with Gasteiger partial charge in [-0.1, -0.05) is 30.4 Å². The zero-order valence-electron chi connectivity index (χ0n) is 14.2. The summed E-state index contributed by atoms with van der Waals surface area (Å²) >= 11 is 4.95. The first-order chi connectivity index (χ1) is 12.6. The second-order valence-electron chi connectivity index (χ2n) is 6.25. The first kappa shape index (κ1) is 17.8. The summed E-state index contributed by atoms with van der Waals surface area (Å²) in [6.45, 7) is 2.85. The predicted octanol–water partition coefficient (Wildman–Crippen LogP) is 3.74. The number of hydrogen-bond donors (Lipinski definition) is 1. The van der Waals surface area contributed by atoms with Gasteiger partial charge < -0.3 is 9.26 Å². The number of fused-ring (bicyclic) bond motifs is 1. The van der Waals surface area contributed by atoms with Crippen LogP contribution in [0.3, 0.4) is 0 Å². The Hall–Kier alpha value is -1.57. The highest BCUT2D eigenvalue weighted by atomic mass is 32.1. The maximum absolute atomic E-state index is 12.0. The largest absolute Gasteiger partial charge is 0.426 e. The van der Waals surface area contributed by atoms with Gasteiger partial charge in [0.2, 0.25) is 0 Å². The van der Waals surface area contributed by atoms with Crippen LogP contribution in [-0.4, -0.2) is 22.3 Å². The highest BCUT2D eigenvalue weighted by Crippen LogP contribution is 2.48. The van der Waals surface area contributed by atoms with Crippen molar-refractivity contribution in [1.82, 2.24) is 9.55 Å². The summed E-state index contributed by atoms with van der Waals surface area (Å²) in [6.07, 6.45) is 2.77. The Kier molecular flexibility index (Phi) is 5.20. The second-order valence-corrected chi connectivity index (χ2v) is 7.84. The van der Waals surface area contributed by atoms with Crippen molar-refractivity contribution in [2.75, 3.05) is 6.61 Å². The highest BCUT2D eigenvalue weighted by molar-refractivity contribution is 7.71. The van der Waals surface area contributed by atoms with Crippen molar-refractivity contribution >= 4 is 20.8 Å². The quantitative estimate of drug-likeness (QED) is 0.629. The first-order valence-corrected chi connectivity index (χ1v) is 9.90.